The second-order valence-electron chi connectivity index (χ2n) is 6.82. The van der Waals surface area contributed by atoms with E-state index in [1.807, 2.05) is 42.5 Å². The minimum absolute atomic E-state index is 0.00220. The summed E-state index contributed by atoms with van der Waals surface area (Å²) in [6.07, 6.45) is 3.32. The SMILES string of the molecule is NCCC[C@H](NCc1nc2ccccc2o1)C(=O)NCCCc1ccccc1. The third-order valence-corrected chi connectivity index (χ3v) is 4.64. The Labute approximate surface area is 165 Å². The van der Waals surface area contributed by atoms with Gasteiger partial charge in [0.05, 0.1) is 12.6 Å². The average Bonchev–Trinajstić information content (AvgIpc) is 3.15. The third kappa shape index (κ3) is 5.90. The van der Waals surface area contributed by atoms with Crippen molar-refractivity contribution in [2.45, 2.75) is 38.3 Å². The standard InChI is InChI=1S/C22H28N4O2/c23-14-6-12-19(22(27)24-15-7-10-17-8-2-1-3-9-17)25-16-21-26-18-11-4-5-13-20(18)28-21/h1-5,8-9,11,13,19,25H,6-7,10,12,14-16,23H2,(H,24,27)/t19-/m0/s1. The van der Waals surface area contributed by atoms with Crippen LogP contribution in [0.15, 0.2) is 59.0 Å². The quantitative estimate of drug-likeness (QED) is 0.445. The fourth-order valence-corrected chi connectivity index (χ4v) is 3.13. The van der Waals surface area contributed by atoms with E-state index in [-0.39, 0.29) is 11.9 Å². The summed E-state index contributed by atoms with van der Waals surface area (Å²) < 4.78 is 5.72. The van der Waals surface area contributed by atoms with E-state index in [2.05, 4.69) is 27.8 Å². The molecule has 6 heteroatoms. The number of benzene rings is 2. The van der Waals surface area contributed by atoms with Crippen LogP contribution >= 0.6 is 0 Å². The molecule has 0 aliphatic carbocycles. The van der Waals surface area contributed by atoms with Gasteiger partial charge in [-0.05, 0) is 49.9 Å². The Hall–Kier alpha value is -2.70. The molecule has 0 aliphatic heterocycles. The van der Waals surface area contributed by atoms with Crippen molar-refractivity contribution in [3.05, 3.63) is 66.1 Å². The van der Waals surface area contributed by atoms with Gasteiger partial charge in [-0.3, -0.25) is 10.1 Å². The summed E-state index contributed by atoms with van der Waals surface area (Å²) in [5.74, 6) is 0.577. The molecule has 1 aromatic heterocycles. The van der Waals surface area contributed by atoms with E-state index in [9.17, 15) is 4.79 Å². The largest absolute Gasteiger partial charge is 0.439 e. The molecule has 3 aromatic rings. The summed E-state index contributed by atoms with van der Waals surface area (Å²) in [5, 5.41) is 6.30. The first kappa shape index (κ1) is 20.0. The normalized spacial score (nSPS) is 12.2. The van der Waals surface area contributed by atoms with Crippen molar-refractivity contribution < 1.29 is 9.21 Å². The topological polar surface area (TPSA) is 93.2 Å². The molecule has 0 fully saturated rings. The van der Waals surface area contributed by atoms with Crippen molar-refractivity contribution in [3.8, 4) is 0 Å². The lowest BCUT2D eigenvalue weighted by Crippen LogP contribution is -2.44. The van der Waals surface area contributed by atoms with Crippen LogP contribution in [0.3, 0.4) is 0 Å². The molecule has 1 atom stereocenters. The predicted octanol–water partition coefficient (Wildman–Crippen LogP) is 2.77. The molecule has 2 aromatic carbocycles. The van der Waals surface area contributed by atoms with Crippen molar-refractivity contribution in [1.82, 2.24) is 15.6 Å². The number of fused-ring (bicyclic) bond motifs is 1. The summed E-state index contributed by atoms with van der Waals surface area (Å²) in [6, 6.07) is 17.6. The molecule has 1 heterocycles. The maximum atomic E-state index is 12.6. The number of rotatable bonds is 11. The summed E-state index contributed by atoms with van der Waals surface area (Å²) in [5.41, 5.74) is 8.49. The zero-order valence-corrected chi connectivity index (χ0v) is 16.1. The number of para-hydroxylation sites is 2. The zero-order chi connectivity index (χ0) is 19.6. The summed E-state index contributed by atoms with van der Waals surface area (Å²) >= 11 is 0. The molecule has 6 nitrogen and oxygen atoms in total. The average molecular weight is 380 g/mol. The maximum Gasteiger partial charge on any atom is 0.237 e. The van der Waals surface area contributed by atoms with E-state index < -0.39 is 0 Å². The molecule has 0 aliphatic rings. The highest BCUT2D eigenvalue weighted by Crippen LogP contribution is 2.14. The van der Waals surface area contributed by atoms with Crippen LogP contribution in [0, 0.1) is 0 Å². The van der Waals surface area contributed by atoms with Gasteiger partial charge < -0.3 is 15.5 Å². The van der Waals surface area contributed by atoms with E-state index in [0.29, 0.717) is 31.9 Å². The van der Waals surface area contributed by atoms with Crippen LogP contribution < -0.4 is 16.4 Å². The Bertz CT molecular complexity index is 830. The maximum absolute atomic E-state index is 12.6. The van der Waals surface area contributed by atoms with Crippen LogP contribution in [0.1, 0.15) is 30.7 Å². The number of amides is 1. The number of hydrogen-bond donors (Lipinski definition) is 3. The zero-order valence-electron chi connectivity index (χ0n) is 16.1. The molecule has 0 unspecified atom stereocenters. The Balaban J connectivity index is 1.48. The highest BCUT2D eigenvalue weighted by Gasteiger charge is 2.18. The van der Waals surface area contributed by atoms with E-state index >= 15 is 0 Å². The molecule has 0 saturated heterocycles. The monoisotopic (exact) mass is 380 g/mol. The fourth-order valence-electron chi connectivity index (χ4n) is 3.13. The van der Waals surface area contributed by atoms with Crippen LogP contribution in [0.5, 0.6) is 0 Å². The summed E-state index contributed by atoms with van der Waals surface area (Å²) in [6.45, 7) is 1.61. The molecule has 0 radical (unpaired) electrons. The molecule has 1 amide bonds. The number of aromatic nitrogens is 1. The summed E-state index contributed by atoms with van der Waals surface area (Å²) in [4.78, 5) is 17.0. The van der Waals surface area contributed by atoms with Crippen molar-refractivity contribution >= 4 is 17.0 Å². The number of aryl methyl sites for hydroxylation is 1. The van der Waals surface area contributed by atoms with Gasteiger partial charge in [0.15, 0.2) is 5.58 Å². The van der Waals surface area contributed by atoms with Crippen molar-refractivity contribution in [3.63, 3.8) is 0 Å². The lowest BCUT2D eigenvalue weighted by atomic mass is 10.1. The van der Waals surface area contributed by atoms with Crippen LogP contribution in [0.25, 0.3) is 11.1 Å². The molecule has 3 rings (SSSR count). The highest BCUT2D eigenvalue weighted by atomic mass is 16.3. The second kappa shape index (κ2) is 10.6. The number of nitrogens with zero attached hydrogens (tertiary/aromatic N) is 1. The molecule has 0 spiro atoms. The van der Waals surface area contributed by atoms with Crippen LogP contribution in [-0.4, -0.2) is 30.0 Å². The minimum atomic E-state index is -0.310. The van der Waals surface area contributed by atoms with E-state index in [1.165, 1.54) is 5.56 Å². The fraction of sp³-hybridized carbons (Fsp3) is 0.364. The highest BCUT2D eigenvalue weighted by molar-refractivity contribution is 5.81. The van der Waals surface area contributed by atoms with Crippen LogP contribution in [-0.2, 0) is 17.8 Å². The van der Waals surface area contributed by atoms with E-state index in [0.717, 1.165) is 30.4 Å². The number of nitrogens with one attached hydrogen (secondary N) is 2. The number of oxazole rings is 1. The van der Waals surface area contributed by atoms with Crippen LogP contribution in [0.4, 0.5) is 0 Å². The lowest BCUT2D eigenvalue weighted by molar-refractivity contribution is -0.123. The molecule has 148 valence electrons. The predicted molar refractivity (Wildman–Crippen MR) is 111 cm³/mol. The van der Waals surface area contributed by atoms with Gasteiger partial charge >= 0.3 is 0 Å². The smallest absolute Gasteiger partial charge is 0.237 e. The number of carbonyl (C=O) groups is 1. The number of carbonyl (C=O) groups excluding carboxylic acids is 1. The summed E-state index contributed by atoms with van der Waals surface area (Å²) in [7, 11) is 0. The van der Waals surface area contributed by atoms with Gasteiger partial charge in [-0.25, -0.2) is 4.98 Å². The Morgan fingerprint density at radius 3 is 2.64 bits per heavy atom. The van der Waals surface area contributed by atoms with Gasteiger partial charge in [0, 0.05) is 6.54 Å². The molecule has 28 heavy (non-hydrogen) atoms. The van der Waals surface area contributed by atoms with Gasteiger partial charge in [0.2, 0.25) is 11.8 Å². The van der Waals surface area contributed by atoms with Gasteiger partial charge in [-0.1, -0.05) is 42.5 Å². The Morgan fingerprint density at radius 2 is 1.86 bits per heavy atom. The first-order valence-corrected chi connectivity index (χ1v) is 9.86. The molecule has 4 N–H and O–H groups in total. The van der Waals surface area contributed by atoms with E-state index in [4.69, 9.17) is 10.2 Å². The van der Waals surface area contributed by atoms with Gasteiger partial charge in [0.1, 0.15) is 5.52 Å². The minimum Gasteiger partial charge on any atom is -0.439 e. The number of nitrogens with two attached hydrogens (primary N) is 1. The molecule has 0 bridgehead atoms. The van der Waals surface area contributed by atoms with Crippen LogP contribution in [0.2, 0.25) is 0 Å². The molecular weight excluding hydrogens is 352 g/mol. The van der Waals surface area contributed by atoms with Gasteiger partial charge in [0.25, 0.3) is 0 Å². The molecular formula is C22H28N4O2. The van der Waals surface area contributed by atoms with Crippen molar-refractivity contribution in [2.24, 2.45) is 5.73 Å². The van der Waals surface area contributed by atoms with E-state index in [1.54, 1.807) is 0 Å². The lowest BCUT2D eigenvalue weighted by Gasteiger charge is -2.17. The molecule has 0 saturated carbocycles. The van der Waals surface area contributed by atoms with Gasteiger partial charge in [-0.2, -0.15) is 0 Å². The first-order valence-electron chi connectivity index (χ1n) is 9.86. The Kier molecular flexibility index (Phi) is 7.58. The third-order valence-electron chi connectivity index (χ3n) is 4.64. The van der Waals surface area contributed by atoms with Crippen molar-refractivity contribution in [1.29, 1.82) is 0 Å². The Morgan fingerprint density at radius 1 is 1.07 bits per heavy atom. The number of hydrogen-bond acceptors (Lipinski definition) is 5. The first-order chi connectivity index (χ1) is 13.8. The second-order valence-corrected chi connectivity index (χ2v) is 6.82. The van der Waals surface area contributed by atoms with Crippen molar-refractivity contribution in [2.75, 3.05) is 13.1 Å². The van der Waals surface area contributed by atoms with Gasteiger partial charge in [-0.15, -0.1) is 0 Å².